The largest absolute Gasteiger partial charge is 0.361 e. The molecular formula is C17H20FN3O2. The third-order valence-corrected chi connectivity index (χ3v) is 4.01. The van der Waals surface area contributed by atoms with Gasteiger partial charge in [-0.05, 0) is 45.1 Å². The van der Waals surface area contributed by atoms with Crippen LogP contribution >= 0.6 is 0 Å². The quantitative estimate of drug-likeness (QED) is 0.939. The van der Waals surface area contributed by atoms with E-state index in [1.165, 1.54) is 12.1 Å². The summed E-state index contributed by atoms with van der Waals surface area (Å²) in [7, 11) is 3.96. The Labute approximate surface area is 134 Å². The Hall–Kier alpha value is -2.21. The Morgan fingerprint density at radius 3 is 3.04 bits per heavy atom. The first-order valence-electron chi connectivity index (χ1n) is 7.70. The Morgan fingerprint density at radius 2 is 2.30 bits per heavy atom. The normalized spacial score (nSPS) is 17.1. The minimum absolute atomic E-state index is 0.0126. The monoisotopic (exact) mass is 317 g/mol. The number of aromatic nitrogens is 1. The minimum atomic E-state index is -0.407. The second-order valence-electron chi connectivity index (χ2n) is 6.19. The fourth-order valence-electron chi connectivity index (χ4n) is 2.91. The third kappa shape index (κ3) is 3.59. The van der Waals surface area contributed by atoms with Gasteiger partial charge >= 0.3 is 0 Å². The van der Waals surface area contributed by atoms with Crippen molar-refractivity contribution in [2.24, 2.45) is 0 Å². The zero-order valence-corrected chi connectivity index (χ0v) is 13.3. The molecule has 122 valence electrons. The first-order chi connectivity index (χ1) is 11.0. The number of fused-ring (bicyclic) bond motifs is 1. The molecule has 0 aliphatic heterocycles. The molecule has 1 aliphatic carbocycles. The van der Waals surface area contributed by atoms with Gasteiger partial charge in [-0.1, -0.05) is 11.2 Å². The molecule has 1 N–H and O–H groups in total. The van der Waals surface area contributed by atoms with E-state index in [4.69, 9.17) is 4.52 Å². The Kier molecular flexibility index (Phi) is 4.43. The summed E-state index contributed by atoms with van der Waals surface area (Å²) in [6.07, 6.45) is 2.25. The Balaban J connectivity index is 1.69. The highest BCUT2D eigenvalue weighted by atomic mass is 19.1. The summed E-state index contributed by atoms with van der Waals surface area (Å²) in [5.74, 6) is 0.262. The maximum atomic E-state index is 13.2. The molecule has 23 heavy (non-hydrogen) atoms. The molecular weight excluding hydrogens is 297 g/mol. The lowest BCUT2D eigenvalue weighted by Gasteiger charge is -2.23. The van der Waals surface area contributed by atoms with E-state index in [1.807, 2.05) is 19.0 Å². The van der Waals surface area contributed by atoms with Crippen LogP contribution in [-0.4, -0.2) is 36.1 Å². The molecule has 1 atom stereocenters. The van der Waals surface area contributed by atoms with Gasteiger partial charge in [-0.25, -0.2) is 4.39 Å². The molecule has 5 nitrogen and oxygen atoms in total. The maximum Gasteiger partial charge on any atom is 0.251 e. The molecule has 1 unspecified atom stereocenters. The predicted octanol–water partition coefficient (Wildman–Crippen LogP) is 2.16. The van der Waals surface area contributed by atoms with Crippen molar-refractivity contribution in [3.63, 3.8) is 0 Å². The zero-order chi connectivity index (χ0) is 16.4. The fourth-order valence-corrected chi connectivity index (χ4v) is 2.91. The van der Waals surface area contributed by atoms with E-state index >= 15 is 0 Å². The van der Waals surface area contributed by atoms with Crippen LogP contribution in [0.2, 0.25) is 0 Å². The number of rotatable bonds is 4. The van der Waals surface area contributed by atoms with Gasteiger partial charge in [0, 0.05) is 30.1 Å². The SMILES string of the molecule is CN(C)Cc1noc2c1CC(NC(=O)c1cccc(F)c1)CC2. The van der Waals surface area contributed by atoms with E-state index in [0.717, 1.165) is 29.9 Å². The lowest BCUT2D eigenvalue weighted by Crippen LogP contribution is -2.39. The number of nitrogens with zero attached hydrogens (tertiary/aromatic N) is 2. The van der Waals surface area contributed by atoms with E-state index in [2.05, 4.69) is 10.5 Å². The molecule has 0 saturated heterocycles. The van der Waals surface area contributed by atoms with Crippen molar-refractivity contribution >= 4 is 5.91 Å². The standard InChI is InChI=1S/C17H20FN3O2/c1-21(2)10-15-14-9-13(6-7-16(14)23-20-15)19-17(22)11-4-3-5-12(18)8-11/h3-5,8,13H,6-7,9-10H2,1-2H3,(H,19,22). The lowest BCUT2D eigenvalue weighted by atomic mass is 9.91. The van der Waals surface area contributed by atoms with Crippen molar-refractivity contribution < 1.29 is 13.7 Å². The van der Waals surface area contributed by atoms with Crippen LogP contribution in [0, 0.1) is 5.82 Å². The second-order valence-corrected chi connectivity index (χ2v) is 6.19. The zero-order valence-electron chi connectivity index (χ0n) is 13.3. The van der Waals surface area contributed by atoms with Crippen LogP contribution in [0.25, 0.3) is 0 Å². The average molecular weight is 317 g/mol. The van der Waals surface area contributed by atoms with E-state index in [9.17, 15) is 9.18 Å². The van der Waals surface area contributed by atoms with Crippen LogP contribution in [0.3, 0.4) is 0 Å². The van der Waals surface area contributed by atoms with Crippen LogP contribution in [0.5, 0.6) is 0 Å². The number of benzene rings is 1. The van der Waals surface area contributed by atoms with Gasteiger partial charge in [-0.15, -0.1) is 0 Å². The second kappa shape index (κ2) is 6.50. The number of aryl methyl sites for hydroxylation is 1. The van der Waals surface area contributed by atoms with Gasteiger partial charge in [0.15, 0.2) is 0 Å². The van der Waals surface area contributed by atoms with E-state index in [0.29, 0.717) is 18.5 Å². The van der Waals surface area contributed by atoms with Crippen LogP contribution in [-0.2, 0) is 19.4 Å². The molecule has 6 heteroatoms. The molecule has 1 aliphatic rings. The van der Waals surface area contributed by atoms with Gasteiger partial charge in [0.05, 0.1) is 0 Å². The smallest absolute Gasteiger partial charge is 0.251 e. The molecule has 1 heterocycles. The first-order valence-corrected chi connectivity index (χ1v) is 7.70. The number of hydrogen-bond donors (Lipinski definition) is 1. The molecule has 0 spiro atoms. The molecule has 0 radical (unpaired) electrons. The molecule has 1 aromatic carbocycles. The number of carbonyl (C=O) groups excluding carboxylic acids is 1. The fraction of sp³-hybridized carbons (Fsp3) is 0.412. The summed E-state index contributed by atoms with van der Waals surface area (Å²) >= 11 is 0. The van der Waals surface area contributed by atoms with E-state index in [-0.39, 0.29) is 11.9 Å². The number of carbonyl (C=O) groups is 1. The van der Waals surface area contributed by atoms with Gasteiger partial charge in [0.25, 0.3) is 5.91 Å². The predicted molar refractivity (Wildman–Crippen MR) is 83.6 cm³/mol. The number of halogens is 1. The van der Waals surface area contributed by atoms with E-state index < -0.39 is 5.82 Å². The summed E-state index contributed by atoms with van der Waals surface area (Å²) in [5, 5.41) is 7.13. The summed E-state index contributed by atoms with van der Waals surface area (Å²) in [5.41, 5.74) is 2.36. The molecule has 3 rings (SSSR count). The minimum Gasteiger partial charge on any atom is -0.361 e. The summed E-state index contributed by atoms with van der Waals surface area (Å²) in [6, 6.07) is 5.75. The van der Waals surface area contributed by atoms with Crippen molar-refractivity contribution in [3.05, 3.63) is 52.7 Å². The van der Waals surface area contributed by atoms with Crippen LogP contribution in [0.1, 0.15) is 33.8 Å². The van der Waals surface area contributed by atoms with Gasteiger partial charge in [0.2, 0.25) is 0 Å². The van der Waals surface area contributed by atoms with Crippen molar-refractivity contribution in [1.29, 1.82) is 0 Å². The van der Waals surface area contributed by atoms with Crippen LogP contribution in [0.4, 0.5) is 4.39 Å². The molecule has 1 amide bonds. The van der Waals surface area contributed by atoms with Crippen molar-refractivity contribution in [2.45, 2.75) is 31.8 Å². The summed E-state index contributed by atoms with van der Waals surface area (Å²) < 4.78 is 18.6. The average Bonchev–Trinajstić information content (AvgIpc) is 2.89. The van der Waals surface area contributed by atoms with Crippen molar-refractivity contribution in [3.8, 4) is 0 Å². The van der Waals surface area contributed by atoms with E-state index in [1.54, 1.807) is 12.1 Å². The molecule has 0 bridgehead atoms. The number of hydrogen-bond acceptors (Lipinski definition) is 4. The lowest BCUT2D eigenvalue weighted by molar-refractivity contribution is 0.0932. The summed E-state index contributed by atoms with van der Waals surface area (Å²) in [6.45, 7) is 0.712. The first kappa shape index (κ1) is 15.7. The highest BCUT2D eigenvalue weighted by molar-refractivity contribution is 5.94. The van der Waals surface area contributed by atoms with Crippen molar-refractivity contribution in [1.82, 2.24) is 15.4 Å². The molecule has 1 aromatic heterocycles. The van der Waals surface area contributed by atoms with Crippen LogP contribution in [0.15, 0.2) is 28.8 Å². The highest BCUT2D eigenvalue weighted by Crippen LogP contribution is 2.25. The molecule has 0 fully saturated rings. The molecule has 2 aromatic rings. The van der Waals surface area contributed by atoms with Gasteiger partial charge in [-0.2, -0.15) is 0 Å². The summed E-state index contributed by atoms with van der Waals surface area (Å²) in [4.78, 5) is 14.3. The van der Waals surface area contributed by atoms with Gasteiger partial charge in [0.1, 0.15) is 17.3 Å². The third-order valence-electron chi connectivity index (χ3n) is 4.01. The van der Waals surface area contributed by atoms with Gasteiger partial charge < -0.3 is 14.7 Å². The maximum absolute atomic E-state index is 13.2. The topological polar surface area (TPSA) is 58.4 Å². The van der Waals surface area contributed by atoms with Crippen molar-refractivity contribution in [2.75, 3.05) is 14.1 Å². The number of nitrogens with one attached hydrogen (secondary N) is 1. The number of amides is 1. The van der Waals surface area contributed by atoms with Crippen LogP contribution < -0.4 is 5.32 Å². The molecule has 0 saturated carbocycles. The highest BCUT2D eigenvalue weighted by Gasteiger charge is 2.27. The Morgan fingerprint density at radius 1 is 1.48 bits per heavy atom. The Bertz CT molecular complexity index is 712. The van der Waals surface area contributed by atoms with Gasteiger partial charge in [-0.3, -0.25) is 4.79 Å².